The van der Waals surface area contributed by atoms with E-state index in [1.807, 2.05) is 57.2 Å². The summed E-state index contributed by atoms with van der Waals surface area (Å²) in [6.07, 6.45) is 2.98. The zero-order valence-corrected chi connectivity index (χ0v) is 20.5. The predicted octanol–water partition coefficient (Wildman–Crippen LogP) is 2.78. The minimum atomic E-state index is -0.282. The molecular formula is C28H35N3O4. The number of amides is 3. The van der Waals surface area contributed by atoms with Crippen LogP contribution < -0.4 is 4.74 Å². The van der Waals surface area contributed by atoms with Gasteiger partial charge in [-0.2, -0.15) is 0 Å². The second kappa shape index (κ2) is 11.9. The van der Waals surface area contributed by atoms with Gasteiger partial charge in [0.25, 0.3) is 0 Å². The van der Waals surface area contributed by atoms with E-state index >= 15 is 0 Å². The number of methoxy groups -OCH3 is 1. The van der Waals surface area contributed by atoms with Crippen molar-refractivity contribution in [1.29, 1.82) is 0 Å². The van der Waals surface area contributed by atoms with Crippen LogP contribution in [-0.2, 0) is 27.2 Å². The van der Waals surface area contributed by atoms with Crippen LogP contribution in [0.1, 0.15) is 30.4 Å². The Hall–Kier alpha value is -3.35. The molecule has 0 unspecified atom stereocenters. The largest absolute Gasteiger partial charge is 0.497 e. The van der Waals surface area contributed by atoms with Crippen molar-refractivity contribution in [2.45, 2.75) is 32.1 Å². The van der Waals surface area contributed by atoms with Crippen molar-refractivity contribution in [3.8, 4) is 5.75 Å². The number of hydrogen-bond acceptors (Lipinski definition) is 4. The molecule has 2 aromatic carbocycles. The Morgan fingerprint density at radius 3 is 2.31 bits per heavy atom. The minimum Gasteiger partial charge on any atom is -0.497 e. The van der Waals surface area contributed by atoms with E-state index in [9.17, 15) is 14.4 Å². The van der Waals surface area contributed by atoms with E-state index in [2.05, 4.69) is 12.1 Å². The molecule has 3 amide bonds. The van der Waals surface area contributed by atoms with Crippen LogP contribution in [0, 0.1) is 5.92 Å². The van der Waals surface area contributed by atoms with Crippen molar-refractivity contribution in [2.75, 3.05) is 46.4 Å². The fraction of sp³-hybridized carbons (Fsp3) is 0.464. The lowest BCUT2D eigenvalue weighted by atomic mass is 10.1. The second-order valence-electron chi connectivity index (χ2n) is 9.38. The maximum absolute atomic E-state index is 13.2. The molecule has 0 spiro atoms. The molecule has 2 saturated heterocycles. The van der Waals surface area contributed by atoms with Crippen LogP contribution >= 0.6 is 0 Å². The lowest BCUT2D eigenvalue weighted by molar-refractivity contribution is -0.136. The van der Waals surface area contributed by atoms with Crippen molar-refractivity contribution in [3.63, 3.8) is 0 Å². The van der Waals surface area contributed by atoms with Crippen molar-refractivity contribution in [3.05, 3.63) is 65.7 Å². The Labute approximate surface area is 207 Å². The molecule has 0 aromatic heterocycles. The van der Waals surface area contributed by atoms with Gasteiger partial charge in [0.15, 0.2) is 0 Å². The summed E-state index contributed by atoms with van der Waals surface area (Å²) in [7, 11) is 1.64. The van der Waals surface area contributed by atoms with Crippen LogP contribution in [0.15, 0.2) is 54.6 Å². The average molecular weight is 478 g/mol. The van der Waals surface area contributed by atoms with E-state index in [-0.39, 0.29) is 30.1 Å². The highest BCUT2D eigenvalue weighted by Crippen LogP contribution is 2.22. The van der Waals surface area contributed by atoms with Gasteiger partial charge in [-0.3, -0.25) is 14.4 Å². The number of nitrogens with zero attached hydrogens (tertiary/aromatic N) is 3. The molecule has 2 aliphatic heterocycles. The second-order valence-corrected chi connectivity index (χ2v) is 9.38. The lowest BCUT2D eigenvalue weighted by Crippen LogP contribution is -2.40. The van der Waals surface area contributed by atoms with Crippen LogP contribution in [0.4, 0.5) is 0 Å². The maximum atomic E-state index is 13.2. The standard InChI is InChI=1S/C28H35N3O4/c1-35-25-11-8-23(9-12-25)10-13-26(32)29-15-5-16-30(19-18-29)28(34)24-20-27(33)31(21-24)17-14-22-6-3-2-4-7-22/h2-4,6-9,11-12,24H,5,10,13-21H2,1H3/t24-/m0/s1. The Morgan fingerprint density at radius 2 is 1.57 bits per heavy atom. The zero-order valence-electron chi connectivity index (χ0n) is 20.5. The van der Waals surface area contributed by atoms with Crippen LogP contribution in [0.3, 0.4) is 0 Å². The number of likely N-dealkylation sites (tertiary alicyclic amines) is 1. The van der Waals surface area contributed by atoms with Gasteiger partial charge in [-0.05, 0) is 42.5 Å². The van der Waals surface area contributed by atoms with Gasteiger partial charge in [0, 0.05) is 52.1 Å². The first-order chi connectivity index (χ1) is 17.0. The maximum Gasteiger partial charge on any atom is 0.228 e. The monoisotopic (exact) mass is 477 g/mol. The zero-order chi connectivity index (χ0) is 24.6. The highest BCUT2D eigenvalue weighted by atomic mass is 16.5. The van der Waals surface area contributed by atoms with E-state index in [0.29, 0.717) is 52.1 Å². The summed E-state index contributed by atoms with van der Waals surface area (Å²) in [5, 5.41) is 0. The number of carbonyl (C=O) groups is 3. The van der Waals surface area contributed by atoms with Gasteiger partial charge in [0.1, 0.15) is 5.75 Å². The molecule has 35 heavy (non-hydrogen) atoms. The van der Waals surface area contributed by atoms with Gasteiger partial charge in [0.2, 0.25) is 17.7 Å². The number of rotatable bonds is 8. The molecule has 0 radical (unpaired) electrons. The summed E-state index contributed by atoms with van der Waals surface area (Å²) in [4.78, 5) is 44.1. The third-order valence-electron chi connectivity index (χ3n) is 7.02. The molecule has 186 valence electrons. The summed E-state index contributed by atoms with van der Waals surface area (Å²) < 4.78 is 5.18. The first kappa shape index (κ1) is 24.8. The third-order valence-corrected chi connectivity index (χ3v) is 7.02. The summed E-state index contributed by atoms with van der Waals surface area (Å²) >= 11 is 0. The van der Waals surface area contributed by atoms with E-state index in [1.165, 1.54) is 5.56 Å². The molecule has 2 aliphatic rings. The highest BCUT2D eigenvalue weighted by Gasteiger charge is 2.36. The fourth-order valence-corrected chi connectivity index (χ4v) is 4.91. The van der Waals surface area contributed by atoms with E-state index in [1.54, 1.807) is 7.11 Å². The third kappa shape index (κ3) is 6.62. The SMILES string of the molecule is COc1ccc(CCC(=O)N2CCCN(C(=O)[C@H]3CC(=O)N(CCc4ccccc4)C3)CC2)cc1. The van der Waals surface area contributed by atoms with Crippen molar-refractivity contribution >= 4 is 17.7 Å². The van der Waals surface area contributed by atoms with Crippen LogP contribution in [0.25, 0.3) is 0 Å². The molecule has 0 saturated carbocycles. The topological polar surface area (TPSA) is 70.2 Å². The van der Waals surface area contributed by atoms with Gasteiger partial charge in [0.05, 0.1) is 13.0 Å². The normalized spacial score (nSPS) is 18.5. The molecule has 2 aromatic rings. The first-order valence-electron chi connectivity index (χ1n) is 12.5. The quantitative estimate of drug-likeness (QED) is 0.586. The number of carbonyl (C=O) groups excluding carboxylic acids is 3. The van der Waals surface area contributed by atoms with Crippen LogP contribution in [0.5, 0.6) is 5.75 Å². The van der Waals surface area contributed by atoms with Crippen molar-refractivity contribution in [1.82, 2.24) is 14.7 Å². The van der Waals surface area contributed by atoms with E-state index in [4.69, 9.17) is 4.74 Å². The molecule has 7 heteroatoms. The molecule has 2 heterocycles. The Kier molecular flexibility index (Phi) is 8.40. The fourth-order valence-electron chi connectivity index (χ4n) is 4.91. The molecule has 0 N–H and O–H groups in total. The summed E-state index contributed by atoms with van der Waals surface area (Å²) in [5.41, 5.74) is 2.30. The first-order valence-corrected chi connectivity index (χ1v) is 12.5. The molecule has 0 aliphatic carbocycles. The highest BCUT2D eigenvalue weighted by molar-refractivity contribution is 5.89. The molecule has 4 rings (SSSR count). The van der Waals surface area contributed by atoms with E-state index < -0.39 is 0 Å². The molecule has 0 bridgehead atoms. The van der Waals surface area contributed by atoms with Crippen LogP contribution in [0.2, 0.25) is 0 Å². The molecular weight excluding hydrogens is 442 g/mol. The average Bonchev–Trinajstić information content (AvgIpc) is 3.10. The summed E-state index contributed by atoms with van der Waals surface area (Å²) in [6, 6.07) is 17.9. The van der Waals surface area contributed by atoms with Gasteiger partial charge in [-0.25, -0.2) is 0 Å². The Morgan fingerprint density at radius 1 is 0.886 bits per heavy atom. The van der Waals surface area contributed by atoms with Gasteiger partial charge in [-0.15, -0.1) is 0 Å². The van der Waals surface area contributed by atoms with Gasteiger partial charge in [-0.1, -0.05) is 42.5 Å². The number of aryl methyl sites for hydroxylation is 1. The number of ether oxygens (including phenoxy) is 1. The molecule has 1 atom stereocenters. The number of hydrogen-bond donors (Lipinski definition) is 0. The predicted molar refractivity (Wildman–Crippen MR) is 134 cm³/mol. The van der Waals surface area contributed by atoms with Crippen molar-refractivity contribution in [2.24, 2.45) is 5.92 Å². The van der Waals surface area contributed by atoms with Crippen LogP contribution in [-0.4, -0.2) is 78.8 Å². The van der Waals surface area contributed by atoms with Crippen molar-refractivity contribution < 1.29 is 19.1 Å². The summed E-state index contributed by atoms with van der Waals surface area (Å²) in [6.45, 7) is 3.51. The van der Waals surface area contributed by atoms with Gasteiger partial charge >= 0.3 is 0 Å². The Bertz CT molecular complexity index is 1010. The Balaban J connectivity index is 1.23. The minimum absolute atomic E-state index is 0.0492. The van der Waals surface area contributed by atoms with Gasteiger partial charge < -0.3 is 19.4 Å². The molecule has 2 fully saturated rings. The molecule has 7 nitrogen and oxygen atoms in total. The summed E-state index contributed by atoms with van der Waals surface area (Å²) in [5.74, 6) is 0.756. The van der Waals surface area contributed by atoms with E-state index in [0.717, 1.165) is 24.2 Å². The lowest BCUT2D eigenvalue weighted by Gasteiger charge is -2.24. The smallest absolute Gasteiger partial charge is 0.228 e. The number of benzene rings is 2.